The van der Waals surface area contributed by atoms with Crippen molar-refractivity contribution in [2.75, 3.05) is 26.2 Å². The summed E-state index contributed by atoms with van der Waals surface area (Å²) in [7, 11) is 0. The number of hydrogen-bond donors (Lipinski definition) is 1. The van der Waals surface area contributed by atoms with Crippen molar-refractivity contribution in [2.45, 2.75) is 38.0 Å². The van der Waals surface area contributed by atoms with E-state index in [4.69, 9.17) is 4.74 Å². The lowest BCUT2D eigenvalue weighted by Crippen LogP contribution is -2.58. The first-order valence-corrected chi connectivity index (χ1v) is 9.44. The number of amides is 1. The van der Waals surface area contributed by atoms with E-state index in [1.165, 1.54) is 4.90 Å². The van der Waals surface area contributed by atoms with Crippen LogP contribution in [0.3, 0.4) is 0 Å². The maximum absolute atomic E-state index is 13.1. The molecule has 3 rings (SSSR count). The number of rotatable bonds is 4. The Labute approximate surface area is 155 Å². The van der Waals surface area contributed by atoms with Gasteiger partial charge in [0.1, 0.15) is 5.72 Å². The molecule has 1 spiro atoms. The second kappa shape index (κ2) is 7.43. The molecule has 1 amide bonds. The lowest BCUT2D eigenvalue weighted by Gasteiger charge is -2.44. The number of aliphatic carboxylic acids is 1. The van der Waals surface area contributed by atoms with Crippen LogP contribution in [0.1, 0.15) is 36.5 Å². The fourth-order valence-corrected chi connectivity index (χ4v) is 3.99. The fourth-order valence-electron chi connectivity index (χ4n) is 3.73. The summed E-state index contributed by atoms with van der Waals surface area (Å²) < 4.78 is 6.82. The number of ether oxygens (including phenoxy) is 1. The monoisotopic (exact) mass is 410 g/mol. The average Bonchev–Trinajstić information content (AvgIpc) is 2.96. The highest BCUT2D eigenvalue weighted by Gasteiger charge is 2.53. The van der Waals surface area contributed by atoms with Gasteiger partial charge in [0, 0.05) is 36.0 Å². The number of likely N-dealkylation sites (tertiary alicyclic amines) is 1. The van der Waals surface area contributed by atoms with Crippen molar-refractivity contribution < 1.29 is 19.4 Å². The van der Waals surface area contributed by atoms with Crippen molar-refractivity contribution in [1.29, 1.82) is 0 Å². The van der Waals surface area contributed by atoms with Gasteiger partial charge in [-0.05, 0) is 37.2 Å². The van der Waals surface area contributed by atoms with E-state index in [0.29, 0.717) is 18.4 Å². The average molecular weight is 411 g/mol. The van der Waals surface area contributed by atoms with Crippen molar-refractivity contribution >= 4 is 27.8 Å². The molecule has 2 aliphatic heterocycles. The molecule has 1 atom stereocenters. The fraction of sp³-hybridized carbons (Fsp3) is 0.556. The van der Waals surface area contributed by atoms with E-state index in [1.54, 1.807) is 24.3 Å². The number of piperidine rings is 1. The lowest BCUT2D eigenvalue weighted by atomic mass is 9.96. The van der Waals surface area contributed by atoms with Gasteiger partial charge in [-0.25, -0.2) is 4.79 Å². The summed E-state index contributed by atoms with van der Waals surface area (Å²) in [4.78, 5) is 28.6. The number of carbonyl (C=O) groups excluding carboxylic acids is 1. The van der Waals surface area contributed by atoms with E-state index >= 15 is 0 Å². The zero-order valence-corrected chi connectivity index (χ0v) is 15.9. The Kier molecular flexibility index (Phi) is 5.46. The van der Waals surface area contributed by atoms with Gasteiger partial charge < -0.3 is 14.7 Å². The molecule has 7 heteroatoms. The first kappa shape index (κ1) is 18.4. The molecule has 2 saturated heterocycles. The van der Waals surface area contributed by atoms with Gasteiger partial charge in [0.05, 0.1) is 6.61 Å². The van der Waals surface area contributed by atoms with Gasteiger partial charge in [-0.15, -0.1) is 0 Å². The van der Waals surface area contributed by atoms with Crippen LogP contribution in [0, 0.1) is 0 Å². The quantitative estimate of drug-likeness (QED) is 0.825. The molecule has 2 heterocycles. The van der Waals surface area contributed by atoms with Gasteiger partial charge in [-0.3, -0.25) is 9.69 Å². The number of carboxylic acids is 1. The largest absolute Gasteiger partial charge is 0.480 e. The van der Waals surface area contributed by atoms with Crippen LogP contribution >= 0.6 is 15.9 Å². The maximum Gasteiger partial charge on any atom is 0.328 e. The zero-order valence-electron chi connectivity index (χ0n) is 14.3. The molecule has 136 valence electrons. The predicted octanol–water partition coefficient (Wildman–Crippen LogP) is 2.58. The first-order valence-electron chi connectivity index (χ1n) is 8.65. The molecular weight excluding hydrogens is 388 g/mol. The van der Waals surface area contributed by atoms with E-state index in [-0.39, 0.29) is 12.5 Å². The van der Waals surface area contributed by atoms with Crippen molar-refractivity contribution in [3.8, 4) is 0 Å². The smallest absolute Gasteiger partial charge is 0.328 e. The molecule has 1 aromatic carbocycles. The second-order valence-corrected chi connectivity index (χ2v) is 7.55. The molecule has 0 bridgehead atoms. The molecule has 1 aromatic rings. The molecule has 0 radical (unpaired) electrons. The minimum Gasteiger partial charge on any atom is -0.480 e. The van der Waals surface area contributed by atoms with Gasteiger partial charge in [-0.1, -0.05) is 22.9 Å². The Morgan fingerprint density at radius 3 is 2.48 bits per heavy atom. The first-order chi connectivity index (χ1) is 12.0. The summed E-state index contributed by atoms with van der Waals surface area (Å²) in [6, 6.07) is 6.06. The molecule has 2 fully saturated rings. The zero-order chi connectivity index (χ0) is 18.0. The highest BCUT2D eigenvalue weighted by atomic mass is 79.9. The Morgan fingerprint density at radius 1 is 1.28 bits per heavy atom. The van der Waals surface area contributed by atoms with E-state index < -0.39 is 17.7 Å². The Bertz CT molecular complexity index is 641. The Morgan fingerprint density at radius 2 is 1.92 bits per heavy atom. The van der Waals surface area contributed by atoms with Crippen LogP contribution in [0.2, 0.25) is 0 Å². The minimum absolute atomic E-state index is 0.0470. The highest BCUT2D eigenvalue weighted by Crippen LogP contribution is 2.38. The highest BCUT2D eigenvalue weighted by molar-refractivity contribution is 9.10. The molecule has 6 nitrogen and oxygen atoms in total. The molecule has 1 N–H and O–H groups in total. The van der Waals surface area contributed by atoms with Crippen LogP contribution in [-0.4, -0.2) is 64.8 Å². The lowest BCUT2D eigenvalue weighted by molar-refractivity contribution is -0.143. The van der Waals surface area contributed by atoms with Crippen LogP contribution in [0.4, 0.5) is 0 Å². The SMILES string of the molecule is CCCN1CCC2(CC1)OC[C@H](C(=O)O)N2C(=O)c1ccc(Br)cc1. The maximum atomic E-state index is 13.1. The molecule has 0 unspecified atom stereocenters. The number of carboxylic acid groups (broad SMARTS) is 1. The third-order valence-corrected chi connectivity index (χ3v) is 5.56. The molecule has 0 aromatic heterocycles. The van der Waals surface area contributed by atoms with Crippen LogP contribution in [-0.2, 0) is 9.53 Å². The van der Waals surface area contributed by atoms with E-state index in [2.05, 4.69) is 27.8 Å². The van der Waals surface area contributed by atoms with E-state index in [0.717, 1.165) is 30.5 Å². The third-order valence-electron chi connectivity index (χ3n) is 5.03. The molecule has 25 heavy (non-hydrogen) atoms. The minimum atomic E-state index is -1.02. The third kappa shape index (κ3) is 3.59. The van der Waals surface area contributed by atoms with Gasteiger partial charge in [0.25, 0.3) is 5.91 Å². The summed E-state index contributed by atoms with van der Waals surface area (Å²) in [5.41, 5.74) is -0.326. The number of hydrogen-bond acceptors (Lipinski definition) is 4. The summed E-state index contributed by atoms with van der Waals surface area (Å²) in [5, 5.41) is 9.58. The van der Waals surface area contributed by atoms with Crippen LogP contribution < -0.4 is 0 Å². The summed E-state index contributed by atoms with van der Waals surface area (Å²) in [6.45, 7) is 4.82. The topological polar surface area (TPSA) is 70.1 Å². The normalized spacial score (nSPS) is 23.1. The Balaban J connectivity index is 1.87. The summed E-state index contributed by atoms with van der Waals surface area (Å²) >= 11 is 3.36. The molecule has 0 saturated carbocycles. The number of benzene rings is 1. The molecule has 2 aliphatic rings. The predicted molar refractivity (Wildman–Crippen MR) is 96.4 cm³/mol. The standard InChI is InChI=1S/C18H23BrN2O4/c1-2-9-20-10-7-18(8-11-20)21(15(12-25-18)17(23)24)16(22)13-3-5-14(19)6-4-13/h3-6,15H,2,7-12H2,1H3,(H,23,24)/t15-/m1/s1. The van der Waals surface area contributed by atoms with Gasteiger partial charge >= 0.3 is 5.97 Å². The Hall–Kier alpha value is -1.44. The van der Waals surface area contributed by atoms with E-state index in [1.807, 2.05) is 0 Å². The second-order valence-electron chi connectivity index (χ2n) is 6.63. The summed E-state index contributed by atoms with van der Waals surface area (Å²) in [6.07, 6.45) is 2.35. The van der Waals surface area contributed by atoms with Crippen molar-refractivity contribution in [3.63, 3.8) is 0 Å². The number of nitrogens with zero attached hydrogens (tertiary/aromatic N) is 2. The molecule has 0 aliphatic carbocycles. The van der Waals surface area contributed by atoms with Crippen LogP contribution in [0.5, 0.6) is 0 Å². The number of halogens is 1. The summed E-state index contributed by atoms with van der Waals surface area (Å²) in [5.74, 6) is -1.29. The molecular formula is C18H23BrN2O4. The van der Waals surface area contributed by atoms with Crippen molar-refractivity contribution in [2.24, 2.45) is 0 Å². The van der Waals surface area contributed by atoms with Crippen molar-refractivity contribution in [3.05, 3.63) is 34.3 Å². The number of carbonyl (C=O) groups is 2. The van der Waals surface area contributed by atoms with Gasteiger partial charge in [0.15, 0.2) is 6.04 Å². The van der Waals surface area contributed by atoms with E-state index in [9.17, 15) is 14.7 Å². The van der Waals surface area contributed by atoms with Gasteiger partial charge in [-0.2, -0.15) is 0 Å². The van der Waals surface area contributed by atoms with Gasteiger partial charge in [0.2, 0.25) is 0 Å². The van der Waals surface area contributed by atoms with Crippen LogP contribution in [0.15, 0.2) is 28.7 Å². The van der Waals surface area contributed by atoms with Crippen LogP contribution in [0.25, 0.3) is 0 Å². The van der Waals surface area contributed by atoms with Crippen molar-refractivity contribution in [1.82, 2.24) is 9.80 Å².